The van der Waals surface area contributed by atoms with E-state index in [0.29, 0.717) is 6.61 Å². The summed E-state index contributed by atoms with van der Waals surface area (Å²) < 4.78 is 10.1. The molecule has 1 fully saturated rings. The number of hydrogen-bond donors (Lipinski definition) is 1. The average Bonchev–Trinajstić information content (AvgIpc) is 2.30. The van der Waals surface area contributed by atoms with Gasteiger partial charge in [0.15, 0.2) is 0 Å². The van der Waals surface area contributed by atoms with Crippen molar-refractivity contribution in [1.82, 2.24) is 10.2 Å². The first kappa shape index (κ1) is 14.0. The van der Waals surface area contributed by atoms with E-state index in [-0.39, 0.29) is 12.1 Å². The van der Waals surface area contributed by atoms with Crippen LogP contribution in [0.15, 0.2) is 11.8 Å². The van der Waals surface area contributed by atoms with Crippen molar-refractivity contribution in [1.29, 1.82) is 0 Å². The third-order valence-corrected chi connectivity index (χ3v) is 2.65. The summed E-state index contributed by atoms with van der Waals surface area (Å²) in [4.78, 5) is 13.5. The summed E-state index contributed by atoms with van der Waals surface area (Å²) in [5, 5.41) is 3.27. The van der Waals surface area contributed by atoms with Crippen LogP contribution in [0.25, 0.3) is 0 Å². The molecular weight excluding hydrogens is 220 g/mol. The molecule has 1 N–H and O–H groups in total. The van der Waals surface area contributed by atoms with Gasteiger partial charge >= 0.3 is 5.97 Å². The highest BCUT2D eigenvalue weighted by atomic mass is 16.5. The van der Waals surface area contributed by atoms with E-state index in [2.05, 4.69) is 17.1 Å². The van der Waals surface area contributed by atoms with Crippen LogP contribution in [0.5, 0.6) is 0 Å². The zero-order valence-corrected chi connectivity index (χ0v) is 10.9. The molecule has 0 aromatic rings. The number of carbonyl (C=O) groups excluding carboxylic acids is 1. The molecule has 0 aromatic heterocycles. The number of allylic oxidation sites excluding steroid dienone is 1. The molecule has 5 heteroatoms. The van der Waals surface area contributed by atoms with Crippen LogP contribution in [0.1, 0.15) is 20.8 Å². The van der Waals surface area contributed by atoms with Crippen molar-refractivity contribution in [3.05, 3.63) is 11.8 Å². The average molecular weight is 242 g/mol. The fourth-order valence-corrected chi connectivity index (χ4v) is 1.79. The summed E-state index contributed by atoms with van der Waals surface area (Å²) in [6, 6.07) is 0. The summed E-state index contributed by atoms with van der Waals surface area (Å²) >= 11 is 0. The molecule has 1 unspecified atom stereocenters. The lowest BCUT2D eigenvalue weighted by molar-refractivity contribution is -0.137. The molecular formula is C12H22N2O3. The number of carbonyl (C=O) groups is 1. The Labute approximate surface area is 103 Å². The molecule has 0 spiro atoms. The van der Waals surface area contributed by atoms with E-state index in [1.807, 2.05) is 6.92 Å². The lowest BCUT2D eigenvalue weighted by Crippen LogP contribution is -2.48. The molecule has 17 heavy (non-hydrogen) atoms. The fourth-order valence-electron chi connectivity index (χ4n) is 1.79. The third-order valence-electron chi connectivity index (χ3n) is 2.65. The van der Waals surface area contributed by atoms with Gasteiger partial charge in [0.1, 0.15) is 0 Å². The number of hydrogen-bond acceptors (Lipinski definition) is 5. The Balaban J connectivity index is 2.38. The molecule has 98 valence electrons. The standard InChI is InChI=1S/C12H22N2O3/c1-4-17-12(15)9-10(2)13-11(3)14-5-7-16-8-6-14/h9,11,13H,4-8H2,1-3H3/b10-9-. The highest BCUT2D eigenvalue weighted by Crippen LogP contribution is 2.03. The van der Waals surface area contributed by atoms with Gasteiger partial charge in [-0.05, 0) is 20.8 Å². The van der Waals surface area contributed by atoms with Crippen LogP contribution in [0.4, 0.5) is 0 Å². The van der Waals surface area contributed by atoms with Crippen molar-refractivity contribution in [2.45, 2.75) is 26.9 Å². The van der Waals surface area contributed by atoms with Gasteiger partial charge in [-0.2, -0.15) is 0 Å². The number of morpholine rings is 1. The van der Waals surface area contributed by atoms with Gasteiger partial charge in [-0.1, -0.05) is 0 Å². The summed E-state index contributed by atoms with van der Waals surface area (Å²) in [5.74, 6) is -0.299. The maximum Gasteiger partial charge on any atom is 0.332 e. The number of ether oxygens (including phenoxy) is 2. The van der Waals surface area contributed by atoms with Crippen molar-refractivity contribution >= 4 is 5.97 Å². The molecule has 5 nitrogen and oxygen atoms in total. The lowest BCUT2D eigenvalue weighted by atomic mass is 10.3. The zero-order valence-electron chi connectivity index (χ0n) is 10.9. The molecule has 0 bridgehead atoms. The molecule has 1 aliphatic heterocycles. The quantitative estimate of drug-likeness (QED) is 0.569. The van der Waals surface area contributed by atoms with Gasteiger partial charge in [-0.3, -0.25) is 4.90 Å². The van der Waals surface area contributed by atoms with Gasteiger partial charge in [-0.25, -0.2) is 4.79 Å². The molecule has 0 aromatic carbocycles. The number of nitrogens with zero attached hydrogens (tertiary/aromatic N) is 1. The normalized spacial score (nSPS) is 19.8. The maximum atomic E-state index is 11.2. The topological polar surface area (TPSA) is 50.8 Å². The Morgan fingerprint density at radius 2 is 2.18 bits per heavy atom. The van der Waals surface area contributed by atoms with Crippen LogP contribution in [-0.4, -0.2) is 49.9 Å². The minimum Gasteiger partial charge on any atom is -0.463 e. The van der Waals surface area contributed by atoms with Crippen LogP contribution >= 0.6 is 0 Å². The fraction of sp³-hybridized carbons (Fsp3) is 0.750. The van der Waals surface area contributed by atoms with E-state index in [1.165, 1.54) is 6.08 Å². The van der Waals surface area contributed by atoms with Gasteiger partial charge in [0.05, 0.1) is 26.0 Å². The SMILES string of the molecule is CCOC(=O)/C=C(/C)NC(C)N1CCOCC1. The Bertz CT molecular complexity index is 273. The Kier molecular flexibility index (Phi) is 6.00. The monoisotopic (exact) mass is 242 g/mol. The Hall–Kier alpha value is -1.07. The summed E-state index contributed by atoms with van der Waals surface area (Å²) in [7, 11) is 0. The third kappa shape index (κ3) is 5.19. The summed E-state index contributed by atoms with van der Waals surface area (Å²) in [6.45, 7) is 9.52. The molecule has 0 amide bonds. The summed E-state index contributed by atoms with van der Waals surface area (Å²) in [6.07, 6.45) is 1.69. The van der Waals surface area contributed by atoms with Crippen LogP contribution in [0.2, 0.25) is 0 Å². The first-order valence-corrected chi connectivity index (χ1v) is 6.07. The second-order valence-electron chi connectivity index (χ2n) is 4.05. The predicted molar refractivity (Wildman–Crippen MR) is 65.4 cm³/mol. The first-order chi connectivity index (χ1) is 8.13. The zero-order chi connectivity index (χ0) is 12.7. The maximum absolute atomic E-state index is 11.2. The van der Waals surface area contributed by atoms with Crippen LogP contribution in [0, 0.1) is 0 Å². The molecule has 1 atom stereocenters. The van der Waals surface area contributed by atoms with Crippen LogP contribution < -0.4 is 5.32 Å². The lowest BCUT2D eigenvalue weighted by Gasteiger charge is -2.33. The molecule has 1 rings (SSSR count). The number of nitrogens with one attached hydrogen (secondary N) is 1. The molecule has 1 heterocycles. The van der Waals surface area contributed by atoms with E-state index in [4.69, 9.17) is 9.47 Å². The second-order valence-corrected chi connectivity index (χ2v) is 4.05. The van der Waals surface area contributed by atoms with Crippen LogP contribution in [0.3, 0.4) is 0 Å². The van der Waals surface area contributed by atoms with Crippen molar-refractivity contribution < 1.29 is 14.3 Å². The van der Waals surface area contributed by atoms with Gasteiger partial charge in [0.2, 0.25) is 0 Å². The van der Waals surface area contributed by atoms with E-state index in [1.54, 1.807) is 6.92 Å². The van der Waals surface area contributed by atoms with Crippen molar-refractivity contribution in [2.24, 2.45) is 0 Å². The highest BCUT2D eigenvalue weighted by Gasteiger charge is 2.16. The van der Waals surface area contributed by atoms with E-state index < -0.39 is 0 Å². The number of rotatable bonds is 5. The number of esters is 1. The van der Waals surface area contributed by atoms with E-state index in [0.717, 1.165) is 32.0 Å². The second kappa shape index (κ2) is 7.29. The van der Waals surface area contributed by atoms with Gasteiger partial charge < -0.3 is 14.8 Å². The first-order valence-electron chi connectivity index (χ1n) is 6.07. The van der Waals surface area contributed by atoms with E-state index >= 15 is 0 Å². The molecule has 0 saturated carbocycles. The van der Waals surface area contributed by atoms with Crippen molar-refractivity contribution in [3.8, 4) is 0 Å². The van der Waals surface area contributed by atoms with E-state index in [9.17, 15) is 4.79 Å². The smallest absolute Gasteiger partial charge is 0.332 e. The minimum absolute atomic E-state index is 0.199. The van der Waals surface area contributed by atoms with Crippen molar-refractivity contribution in [2.75, 3.05) is 32.9 Å². The van der Waals surface area contributed by atoms with Gasteiger partial charge in [0.25, 0.3) is 0 Å². The predicted octanol–water partition coefficient (Wildman–Crippen LogP) is 0.721. The van der Waals surface area contributed by atoms with Crippen LogP contribution in [-0.2, 0) is 14.3 Å². The van der Waals surface area contributed by atoms with Gasteiger partial charge in [0, 0.05) is 24.9 Å². The minimum atomic E-state index is -0.299. The molecule has 1 aliphatic rings. The Morgan fingerprint density at radius 3 is 2.76 bits per heavy atom. The molecule has 1 saturated heterocycles. The molecule has 0 aliphatic carbocycles. The Morgan fingerprint density at radius 1 is 1.53 bits per heavy atom. The molecule has 0 radical (unpaired) electrons. The van der Waals surface area contributed by atoms with Crippen molar-refractivity contribution in [3.63, 3.8) is 0 Å². The highest BCUT2D eigenvalue weighted by molar-refractivity contribution is 5.82. The largest absolute Gasteiger partial charge is 0.463 e. The summed E-state index contributed by atoms with van der Waals surface area (Å²) in [5.41, 5.74) is 0.822. The van der Waals surface area contributed by atoms with Gasteiger partial charge in [-0.15, -0.1) is 0 Å².